The maximum Gasteiger partial charge on any atom is 0.0712 e. The van der Waals surface area contributed by atoms with Crippen LogP contribution in [0, 0.1) is 6.92 Å². The minimum Gasteiger partial charge on any atom is -0.391 e. The zero-order chi connectivity index (χ0) is 8.43. The van der Waals surface area contributed by atoms with Crippen LogP contribution in [-0.4, -0.2) is 11.2 Å². The summed E-state index contributed by atoms with van der Waals surface area (Å²) in [6.45, 7) is 3.72. The molecule has 0 bridgehead atoms. The Morgan fingerprint density at radius 2 is 2.27 bits per heavy atom. The van der Waals surface area contributed by atoms with Crippen LogP contribution >= 0.6 is 11.3 Å². The molecule has 0 aromatic carbocycles. The molecule has 0 saturated heterocycles. The monoisotopic (exact) mass is 171 g/mol. The minimum atomic E-state index is -0.465. The van der Waals surface area contributed by atoms with E-state index in [2.05, 4.69) is 0 Å². The maximum absolute atomic E-state index is 9.20. The van der Waals surface area contributed by atoms with Crippen LogP contribution in [0.25, 0.3) is 0 Å². The Hall–Kier alpha value is -0.380. The van der Waals surface area contributed by atoms with Crippen molar-refractivity contribution in [2.75, 3.05) is 0 Å². The number of hydrogen-bond donors (Lipinski definition) is 2. The maximum atomic E-state index is 9.20. The number of rotatable bonds is 2. The molecule has 0 aliphatic rings. The van der Waals surface area contributed by atoms with E-state index in [1.54, 1.807) is 18.3 Å². The molecule has 0 spiro atoms. The largest absolute Gasteiger partial charge is 0.391 e. The fourth-order valence-corrected chi connectivity index (χ4v) is 1.97. The minimum absolute atomic E-state index is 0.227. The average Bonchev–Trinajstić information content (AvgIpc) is 2.33. The Bertz CT molecular complexity index is 232. The Morgan fingerprint density at radius 3 is 2.64 bits per heavy atom. The van der Waals surface area contributed by atoms with E-state index in [1.165, 1.54) is 5.56 Å². The van der Waals surface area contributed by atoms with Gasteiger partial charge in [-0.3, -0.25) is 0 Å². The van der Waals surface area contributed by atoms with Gasteiger partial charge in [-0.2, -0.15) is 0 Å². The molecular formula is C8H13NOS. The summed E-state index contributed by atoms with van der Waals surface area (Å²) >= 11 is 1.60. The summed E-state index contributed by atoms with van der Waals surface area (Å²) < 4.78 is 0. The molecule has 0 aliphatic carbocycles. The van der Waals surface area contributed by atoms with Crippen molar-refractivity contribution in [1.82, 2.24) is 0 Å². The first kappa shape index (κ1) is 8.71. The SMILES string of the molecule is Cc1ccsc1[C@H](N)[C@@H](C)O. The van der Waals surface area contributed by atoms with Crippen molar-refractivity contribution in [3.63, 3.8) is 0 Å². The first-order chi connectivity index (χ1) is 5.13. The van der Waals surface area contributed by atoms with E-state index < -0.39 is 6.10 Å². The van der Waals surface area contributed by atoms with Crippen LogP contribution in [0.4, 0.5) is 0 Å². The van der Waals surface area contributed by atoms with E-state index in [4.69, 9.17) is 5.73 Å². The van der Waals surface area contributed by atoms with Crippen molar-refractivity contribution in [1.29, 1.82) is 0 Å². The second-order valence-electron chi connectivity index (χ2n) is 2.73. The fourth-order valence-electron chi connectivity index (χ4n) is 0.945. The van der Waals surface area contributed by atoms with Crippen LogP contribution in [-0.2, 0) is 0 Å². The zero-order valence-electron chi connectivity index (χ0n) is 6.74. The third-order valence-corrected chi connectivity index (χ3v) is 2.84. The highest BCUT2D eigenvalue weighted by atomic mass is 32.1. The van der Waals surface area contributed by atoms with Gasteiger partial charge in [0.25, 0.3) is 0 Å². The van der Waals surface area contributed by atoms with Gasteiger partial charge in [-0.15, -0.1) is 11.3 Å². The first-order valence-electron chi connectivity index (χ1n) is 3.60. The van der Waals surface area contributed by atoms with Crippen molar-refractivity contribution in [2.24, 2.45) is 5.73 Å². The smallest absolute Gasteiger partial charge is 0.0712 e. The Labute approximate surface area is 70.7 Å². The lowest BCUT2D eigenvalue weighted by molar-refractivity contribution is 0.165. The highest BCUT2D eigenvalue weighted by Gasteiger charge is 2.14. The lowest BCUT2D eigenvalue weighted by Crippen LogP contribution is -2.22. The molecule has 11 heavy (non-hydrogen) atoms. The lowest BCUT2D eigenvalue weighted by Gasteiger charge is -2.13. The van der Waals surface area contributed by atoms with Gasteiger partial charge in [0.2, 0.25) is 0 Å². The number of nitrogens with two attached hydrogens (primary N) is 1. The van der Waals surface area contributed by atoms with Crippen LogP contribution in [0.3, 0.4) is 0 Å². The standard InChI is InChI=1S/C8H13NOS/c1-5-3-4-11-8(5)7(9)6(2)10/h3-4,6-7,10H,9H2,1-2H3/t6-,7-/m1/s1. The predicted molar refractivity (Wildman–Crippen MR) is 47.7 cm³/mol. The predicted octanol–water partition coefficient (Wildman–Crippen LogP) is 1.44. The Morgan fingerprint density at radius 1 is 1.64 bits per heavy atom. The molecule has 0 radical (unpaired) electrons. The number of aryl methyl sites for hydroxylation is 1. The molecule has 1 heterocycles. The van der Waals surface area contributed by atoms with Crippen molar-refractivity contribution in [3.05, 3.63) is 21.9 Å². The highest BCUT2D eigenvalue weighted by Crippen LogP contribution is 2.23. The van der Waals surface area contributed by atoms with Crippen LogP contribution in [0.1, 0.15) is 23.4 Å². The van der Waals surface area contributed by atoms with Gasteiger partial charge in [-0.1, -0.05) is 0 Å². The topological polar surface area (TPSA) is 46.2 Å². The molecule has 1 rings (SSSR count). The third kappa shape index (κ3) is 1.80. The van der Waals surface area contributed by atoms with Gasteiger partial charge in [0.1, 0.15) is 0 Å². The number of thiophene rings is 1. The van der Waals surface area contributed by atoms with Gasteiger partial charge in [-0.25, -0.2) is 0 Å². The van der Waals surface area contributed by atoms with Gasteiger partial charge in [0.05, 0.1) is 12.1 Å². The van der Waals surface area contributed by atoms with Crippen LogP contribution in [0.2, 0.25) is 0 Å². The molecule has 3 heteroatoms. The van der Waals surface area contributed by atoms with Gasteiger partial charge in [-0.05, 0) is 30.9 Å². The normalized spacial score (nSPS) is 16.4. The Kier molecular flexibility index (Phi) is 2.65. The quantitative estimate of drug-likeness (QED) is 0.707. The lowest BCUT2D eigenvalue weighted by atomic mass is 10.1. The summed E-state index contributed by atoms with van der Waals surface area (Å²) in [5.41, 5.74) is 6.91. The summed E-state index contributed by atoms with van der Waals surface area (Å²) in [5, 5.41) is 11.2. The van der Waals surface area contributed by atoms with Gasteiger partial charge in [0.15, 0.2) is 0 Å². The molecule has 2 nitrogen and oxygen atoms in total. The van der Waals surface area contributed by atoms with Crippen LogP contribution in [0.15, 0.2) is 11.4 Å². The third-order valence-electron chi connectivity index (χ3n) is 1.72. The number of hydrogen-bond acceptors (Lipinski definition) is 3. The van der Waals surface area contributed by atoms with Gasteiger partial charge in [0, 0.05) is 4.88 Å². The summed E-state index contributed by atoms with van der Waals surface area (Å²) in [4.78, 5) is 1.08. The number of aliphatic hydroxyl groups is 1. The molecule has 3 N–H and O–H groups in total. The van der Waals surface area contributed by atoms with Crippen molar-refractivity contribution >= 4 is 11.3 Å². The second kappa shape index (κ2) is 3.34. The van der Waals surface area contributed by atoms with E-state index in [0.29, 0.717) is 0 Å². The van der Waals surface area contributed by atoms with E-state index in [-0.39, 0.29) is 6.04 Å². The second-order valence-corrected chi connectivity index (χ2v) is 3.68. The van der Waals surface area contributed by atoms with Crippen molar-refractivity contribution in [3.8, 4) is 0 Å². The molecule has 0 amide bonds. The first-order valence-corrected chi connectivity index (χ1v) is 4.48. The molecule has 0 fully saturated rings. The molecule has 1 aromatic rings. The van der Waals surface area contributed by atoms with Crippen LogP contribution in [0.5, 0.6) is 0 Å². The van der Waals surface area contributed by atoms with E-state index in [9.17, 15) is 5.11 Å². The molecule has 62 valence electrons. The summed E-state index contributed by atoms with van der Waals surface area (Å²) in [6, 6.07) is 1.79. The molecular weight excluding hydrogens is 158 g/mol. The summed E-state index contributed by atoms with van der Waals surface area (Å²) in [7, 11) is 0. The van der Waals surface area contributed by atoms with Crippen LogP contribution < -0.4 is 5.73 Å². The highest BCUT2D eigenvalue weighted by molar-refractivity contribution is 7.10. The Balaban J connectivity index is 2.84. The average molecular weight is 171 g/mol. The fraction of sp³-hybridized carbons (Fsp3) is 0.500. The summed E-state index contributed by atoms with van der Waals surface area (Å²) in [5.74, 6) is 0. The van der Waals surface area contributed by atoms with Crippen molar-refractivity contribution in [2.45, 2.75) is 26.0 Å². The summed E-state index contributed by atoms with van der Waals surface area (Å²) in [6.07, 6.45) is -0.465. The molecule has 0 aliphatic heterocycles. The molecule has 0 unspecified atom stereocenters. The zero-order valence-corrected chi connectivity index (χ0v) is 7.56. The molecule has 0 saturated carbocycles. The van der Waals surface area contributed by atoms with Crippen molar-refractivity contribution < 1.29 is 5.11 Å². The number of aliphatic hydroxyl groups excluding tert-OH is 1. The molecule has 2 atom stereocenters. The van der Waals surface area contributed by atoms with Gasteiger partial charge < -0.3 is 10.8 Å². The van der Waals surface area contributed by atoms with E-state index in [1.807, 2.05) is 18.4 Å². The van der Waals surface area contributed by atoms with Gasteiger partial charge >= 0.3 is 0 Å². The molecule has 1 aromatic heterocycles. The van der Waals surface area contributed by atoms with E-state index in [0.717, 1.165) is 4.88 Å². The van der Waals surface area contributed by atoms with E-state index >= 15 is 0 Å².